The van der Waals surface area contributed by atoms with E-state index in [0.717, 1.165) is 17.8 Å². The van der Waals surface area contributed by atoms with Crippen molar-refractivity contribution >= 4 is 38.5 Å². The average molecular weight is 665 g/mol. The number of pyridine rings is 2. The highest BCUT2D eigenvalue weighted by molar-refractivity contribution is 7.85. The van der Waals surface area contributed by atoms with Gasteiger partial charge in [0.2, 0.25) is 0 Å². The Morgan fingerprint density at radius 2 is 1.55 bits per heavy atom. The first kappa shape index (κ1) is 34.7. The lowest BCUT2D eigenvalue weighted by atomic mass is 9.98. The van der Waals surface area contributed by atoms with Crippen molar-refractivity contribution < 1.29 is 35.7 Å². The Bertz CT molecular complexity index is 1970. The summed E-state index contributed by atoms with van der Waals surface area (Å²) in [5, 5.41) is 6.55. The van der Waals surface area contributed by atoms with Gasteiger partial charge < -0.3 is 10.6 Å². The Hall–Kier alpha value is -5.14. The molecule has 2 heterocycles. The van der Waals surface area contributed by atoms with E-state index in [2.05, 4.69) is 20.6 Å². The van der Waals surface area contributed by atoms with Crippen LogP contribution in [0.2, 0.25) is 0 Å². The number of hydrogen-bond donors (Lipinski definition) is 3. The SMILES string of the molecule is CCS(=O)(=O)O.CC[C@@H](NC(=O)c1cnc2cc(NC(=O)c3ccccc3-c3ccc(C(F)(F)F)cc3)ccc2c1)c1ccccn1. The van der Waals surface area contributed by atoms with Gasteiger partial charge in [-0.3, -0.25) is 24.1 Å². The molecule has 0 unspecified atom stereocenters. The summed E-state index contributed by atoms with van der Waals surface area (Å²) in [5.41, 5.74) is 2.78. The highest BCUT2D eigenvalue weighted by atomic mass is 32.2. The van der Waals surface area contributed by atoms with E-state index >= 15 is 0 Å². The fraction of sp³-hybridized carbons (Fsp3) is 0.176. The molecule has 5 rings (SSSR count). The summed E-state index contributed by atoms with van der Waals surface area (Å²) in [6, 6.07) is 23.6. The molecule has 0 radical (unpaired) electrons. The van der Waals surface area contributed by atoms with Gasteiger partial charge in [-0.05, 0) is 73.0 Å². The molecule has 3 N–H and O–H groups in total. The fourth-order valence-corrected chi connectivity index (χ4v) is 4.50. The number of hydrogen-bond acceptors (Lipinski definition) is 6. The van der Waals surface area contributed by atoms with Gasteiger partial charge in [0.1, 0.15) is 0 Å². The zero-order valence-corrected chi connectivity index (χ0v) is 26.1. The molecule has 0 saturated carbocycles. The molecule has 0 saturated heterocycles. The molecule has 13 heteroatoms. The third-order valence-electron chi connectivity index (χ3n) is 7.02. The predicted molar refractivity (Wildman–Crippen MR) is 173 cm³/mol. The monoisotopic (exact) mass is 664 g/mol. The van der Waals surface area contributed by atoms with Crippen LogP contribution in [0.25, 0.3) is 22.0 Å². The highest BCUT2D eigenvalue weighted by Gasteiger charge is 2.30. The molecule has 2 aromatic heterocycles. The van der Waals surface area contributed by atoms with Crippen molar-refractivity contribution in [2.24, 2.45) is 0 Å². The number of amides is 2. The van der Waals surface area contributed by atoms with Crippen molar-refractivity contribution in [2.45, 2.75) is 32.5 Å². The number of rotatable bonds is 8. The molecule has 47 heavy (non-hydrogen) atoms. The first-order valence-corrected chi connectivity index (χ1v) is 16.0. The normalized spacial score (nSPS) is 12.0. The molecule has 0 bridgehead atoms. The van der Waals surface area contributed by atoms with Crippen LogP contribution in [0.1, 0.15) is 58.3 Å². The van der Waals surface area contributed by atoms with Crippen molar-refractivity contribution in [3.63, 3.8) is 0 Å². The van der Waals surface area contributed by atoms with Gasteiger partial charge >= 0.3 is 6.18 Å². The second-order valence-corrected chi connectivity index (χ2v) is 12.0. The molecule has 0 spiro atoms. The summed E-state index contributed by atoms with van der Waals surface area (Å²) < 4.78 is 65.9. The molecule has 0 aliphatic heterocycles. The summed E-state index contributed by atoms with van der Waals surface area (Å²) in [4.78, 5) is 34.9. The number of fused-ring (bicyclic) bond motifs is 1. The fourth-order valence-electron chi connectivity index (χ4n) is 4.50. The summed E-state index contributed by atoms with van der Waals surface area (Å²) >= 11 is 0. The van der Waals surface area contributed by atoms with Gasteiger partial charge in [0.25, 0.3) is 21.9 Å². The van der Waals surface area contributed by atoms with E-state index in [4.69, 9.17) is 4.55 Å². The topological polar surface area (TPSA) is 138 Å². The lowest BCUT2D eigenvalue weighted by molar-refractivity contribution is -0.137. The first-order valence-electron chi connectivity index (χ1n) is 14.4. The number of carbonyl (C=O) groups is 2. The minimum Gasteiger partial charge on any atom is -0.344 e. The van der Waals surface area contributed by atoms with E-state index in [1.54, 1.807) is 54.7 Å². The number of carbonyl (C=O) groups excluding carboxylic acids is 2. The average Bonchev–Trinajstić information content (AvgIpc) is 3.06. The van der Waals surface area contributed by atoms with Crippen LogP contribution in [-0.2, 0) is 16.3 Å². The number of benzene rings is 3. The smallest absolute Gasteiger partial charge is 0.344 e. The second kappa shape index (κ2) is 15.0. The number of nitrogens with zero attached hydrogens (tertiary/aromatic N) is 2. The van der Waals surface area contributed by atoms with E-state index in [1.807, 2.05) is 25.1 Å². The van der Waals surface area contributed by atoms with Gasteiger partial charge in [-0.15, -0.1) is 0 Å². The highest BCUT2D eigenvalue weighted by Crippen LogP contribution is 2.32. The van der Waals surface area contributed by atoms with Gasteiger partial charge in [0.05, 0.1) is 34.1 Å². The molecule has 0 fully saturated rings. The quantitative estimate of drug-likeness (QED) is 0.148. The molecule has 244 valence electrons. The van der Waals surface area contributed by atoms with Gasteiger partial charge in [-0.1, -0.05) is 49.4 Å². The minimum atomic E-state index is -4.44. The summed E-state index contributed by atoms with van der Waals surface area (Å²) in [6.07, 6.45) is -0.601. The molecule has 3 aromatic carbocycles. The van der Waals surface area contributed by atoms with Crippen molar-refractivity contribution in [3.05, 3.63) is 126 Å². The number of halogens is 3. The van der Waals surface area contributed by atoms with Crippen molar-refractivity contribution in [1.29, 1.82) is 0 Å². The second-order valence-electron chi connectivity index (χ2n) is 10.3. The number of anilines is 1. The van der Waals surface area contributed by atoms with E-state index in [1.165, 1.54) is 25.3 Å². The molecule has 2 amide bonds. The van der Waals surface area contributed by atoms with E-state index in [-0.39, 0.29) is 17.7 Å². The maximum absolute atomic E-state index is 13.2. The van der Waals surface area contributed by atoms with Crippen LogP contribution in [0.4, 0.5) is 18.9 Å². The zero-order chi connectivity index (χ0) is 34.2. The van der Waals surface area contributed by atoms with E-state index < -0.39 is 27.8 Å². The van der Waals surface area contributed by atoms with E-state index in [9.17, 15) is 31.2 Å². The third-order valence-corrected chi connectivity index (χ3v) is 7.75. The lowest BCUT2D eigenvalue weighted by Gasteiger charge is -2.16. The Balaban J connectivity index is 0.000000762. The molecule has 0 aliphatic rings. The molecular formula is C34H31F3N4O5S. The standard InChI is InChI=1S/C32H25F3N4O2.C2H6O3S/c1-2-27(28-9-5-6-16-36-28)39-30(40)22-17-21-12-15-24(18-29(21)37-19-22)38-31(41)26-8-4-3-7-25(26)20-10-13-23(14-11-20)32(33,34)35;1-2-6(3,4)5/h3-19,27H,2H2,1H3,(H,38,41)(H,39,40);2H2,1H3,(H,3,4,5)/t27-;/m1./s1. The van der Waals surface area contributed by atoms with Crippen LogP contribution in [0.5, 0.6) is 0 Å². The molecule has 0 aliphatic carbocycles. The van der Waals surface area contributed by atoms with Crippen LogP contribution in [0.15, 0.2) is 103 Å². The van der Waals surface area contributed by atoms with Crippen molar-refractivity contribution in [2.75, 3.05) is 11.1 Å². The Morgan fingerprint density at radius 3 is 2.17 bits per heavy atom. The van der Waals surface area contributed by atoms with E-state index in [0.29, 0.717) is 45.3 Å². The van der Waals surface area contributed by atoms with Gasteiger partial charge in [0.15, 0.2) is 0 Å². The number of aromatic nitrogens is 2. The Kier molecular flexibility index (Phi) is 11.1. The van der Waals surface area contributed by atoms with Gasteiger partial charge in [0, 0.05) is 29.0 Å². The van der Waals surface area contributed by atoms with Crippen molar-refractivity contribution in [3.8, 4) is 11.1 Å². The Labute approximate surface area is 269 Å². The third kappa shape index (κ3) is 9.44. The lowest BCUT2D eigenvalue weighted by Crippen LogP contribution is -2.28. The van der Waals surface area contributed by atoms with Crippen LogP contribution in [0, 0.1) is 0 Å². The summed E-state index contributed by atoms with van der Waals surface area (Å²) in [6.45, 7) is 3.34. The molecule has 1 atom stereocenters. The van der Waals surface area contributed by atoms with Crippen LogP contribution in [-0.4, -0.2) is 40.5 Å². The van der Waals surface area contributed by atoms with Gasteiger partial charge in [-0.25, -0.2) is 0 Å². The molecular weight excluding hydrogens is 633 g/mol. The van der Waals surface area contributed by atoms with Crippen LogP contribution >= 0.6 is 0 Å². The number of nitrogens with one attached hydrogen (secondary N) is 2. The van der Waals surface area contributed by atoms with Crippen LogP contribution < -0.4 is 10.6 Å². The number of alkyl halides is 3. The Morgan fingerprint density at radius 1 is 0.872 bits per heavy atom. The van der Waals surface area contributed by atoms with Crippen LogP contribution in [0.3, 0.4) is 0 Å². The summed E-state index contributed by atoms with van der Waals surface area (Å²) in [7, 11) is -3.66. The summed E-state index contributed by atoms with van der Waals surface area (Å²) in [5.74, 6) is -0.891. The predicted octanol–water partition coefficient (Wildman–Crippen LogP) is 7.34. The van der Waals surface area contributed by atoms with Gasteiger partial charge in [-0.2, -0.15) is 21.6 Å². The molecule has 5 aromatic rings. The maximum Gasteiger partial charge on any atom is 0.416 e. The zero-order valence-electron chi connectivity index (χ0n) is 25.3. The maximum atomic E-state index is 13.2. The van der Waals surface area contributed by atoms with Crippen molar-refractivity contribution in [1.82, 2.24) is 15.3 Å². The molecule has 9 nitrogen and oxygen atoms in total. The largest absolute Gasteiger partial charge is 0.416 e. The first-order chi connectivity index (χ1) is 22.3. The minimum absolute atomic E-state index is 0.201.